The number of rotatable bonds is 3. The van der Waals surface area contributed by atoms with E-state index in [9.17, 15) is 9.59 Å². The maximum absolute atomic E-state index is 12.2. The van der Waals surface area contributed by atoms with Gasteiger partial charge in [-0.1, -0.05) is 22.0 Å². The number of aromatic carboxylic acids is 1. The Morgan fingerprint density at radius 1 is 0.952 bits per heavy atom. The summed E-state index contributed by atoms with van der Waals surface area (Å²) in [5.41, 5.74) is 0.914. The van der Waals surface area contributed by atoms with Gasteiger partial charge in [-0.25, -0.2) is 4.79 Å². The summed E-state index contributed by atoms with van der Waals surface area (Å²) in [6.45, 7) is 0. The predicted octanol–water partition coefficient (Wildman–Crippen LogP) is 4.92. The third-order valence-electron chi connectivity index (χ3n) is 2.62. The average molecular weight is 478 g/mol. The van der Waals surface area contributed by atoms with E-state index >= 15 is 0 Å². The quantitative estimate of drug-likeness (QED) is 0.659. The standard InChI is InChI=1S/C14H8Br3NO3/c15-9-5-10(16)12(11(17)6-9)18-13(19)7-2-1-3-8(4-7)14(20)21/h1-6H,(H,18,19)(H,20,21). The van der Waals surface area contributed by atoms with Gasteiger partial charge in [-0.15, -0.1) is 0 Å². The molecule has 0 aliphatic rings. The number of hydrogen-bond acceptors (Lipinski definition) is 2. The molecule has 0 aliphatic carbocycles. The van der Waals surface area contributed by atoms with E-state index in [1.165, 1.54) is 18.2 Å². The van der Waals surface area contributed by atoms with Crippen LogP contribution in [0.2, 0.25) is 0 Å². The van der Waals surface area contributed by atoms with Gasteiger partial charge in [-0.2, -0.15) is 0 Å². The zero-order valence-electron chi connectivity index (χ0n) is 10.4. The van der Waals surface area contributed by atoms with E-state index in [2.05, 4.69) is 53.1 Å². The molecule has 0 spiro atoms. The molecule has 1 amide bonds. The van der Waals surface area contributed by atoms with Crippen LogP contribution in [0.5, 0.6) is 0 Å². The lowest BCUT2D eigenvalue weighted by Gasteiger charge is -2.10. The van der Waals surface area contributed by atoms with Gasteiger partial charge in [-0.05, 0) is 62.2 Å². The molecular formula is C14H8Br3NO3. The van der Waals surface area contributed by atoms with Gasteiger partial charge < -0.3 is 10.4 Å². The molecule has 2 aromatic carbocycles. The number of carboxylic acids is 1. The summed E-state index contributed by atoms with van der Waals surface area (Å²) in [6, 6.07) is 9.46. The molecule has 0 fully saturated rings. The molecule has 0 aromatic heterocycles. The van der Waals surface area contributed by atoms with E-state index in [4.69, 9.17) is 5.11 Å². The first-order valence-electron chi connectivity index (χ1n) is 5.67. The molecule has 4 nitrogen and oxygen atoms in total. The number of carboxylic acid groups (broad SMARTS) is 1. The number of amides is 1. The van der Waals surface area contributed by atoms with Crippen molar-refractivity contribution in [1.82, 2.24) is 0 Å². The van der Waals surface area contributed by atoms with Crippen LogP contribution in [0.3, 0.4) is 0 Å². The van der Waals surface area contributed by atoms with Crippen LogP contribution in [0.25, 0.3) is 0 Å². The Hall–Kier alpha value is -1.18. The molecule has 7 heteroatoms. The zero-order chi connectivity index (χ0) is 15.6. The van der Waals surface area contributed by atoms with Crippen molar-refractivity contribution < 1.29 is 14.7 Å². The van der Waals surface area contributed by atoms with Gasteiger partial charge in [0.05, 0.1) is 11.3 Å². The minimum Gasteiger partial charge on any atom is -0.478 e. The van der Waals surface area contributed by atoms with E-state index in [0.29, 0.717) is 14.6 Å². The van der Waals surface area contributed by atoms with Crippen LogP contribution in [0.15, 0.2) is 49.8 Å². The molecule has 2 aromatic rings. The Labute approximate surface area is 145 Å². The molecule has 0 saturated carbocycles. The first-order chi connectivity index (χ1) is 9.88. The number of halogens is 3. The van der Waals surface area contributed by atoms with Crippen LogP contribution in [0, 0.1) is 0 Å². The van der Waals surface area contributed by atoms with Crippen LogP contribution < -0.4 is 5.32 Å². The Morgan fingerprint density at radius 3 is 2.10 bits per heavy atom. The van der Waals surface area contributed by atoms with E-state index < -0.39 is 5.97 Å². The Morgan fingerprint density at radius 2 is 1.52 bits per heavy atom. The van der Waals surface area contributed by atoms with Crippen molar-refractivity contribution in [1.29, 1.82) is 0 Å². The normalized spacial score (nSPS) is 10.2. The van der Waals surface area contributed by atoms with Crippen molar-refractivity contribution in [2.75, 3.05) is 5.32 Å². The third-order valence-corrected chi connectivity index (χ3v) is 4.33. The van der Waals surface area contributed by atoms with E-state index in [0.717, 1.165) is 4.47 Å². The SMILES string of the molecule is O=C(O)c1cccc(C(=O)Nc2c(Br)cc(Br)cc2Br)c1. The lowest BCUT2D eigenvalue weighted by atomic mass is 10.1. The van der Waals surface area contributed by atoms with E-state index in [1.807, 2.05) is 0 Å². The number of anilines is 1. The van der Waals surface area contributed by atoms with Crippen LogP contribution in [0.4, 0.5) is 5.69 Å². The van der Waals surface area contributed by atoms with Crippen molar-refractivity contribution in [3.63, 3.8) is 0 Å². The fraction of sp³-hybridized carbons (Fsp3) is 0. The molecular weight excluding hydrogens is 470 g/mol. The van der Waals surface area contributed by atoms with E-state index in [-0.39, 0.29) is 17.0 Å². The predicted molar refractivity (Wildman–Crippen MR) is 90.9 cm³/mol. The fourth-order valence-electron chi connectivity index (χ4n) is 1.64. The monoisotopic (exact) mass is 475 g/mol. The fourth-order valence-corrected chi connectivity index (χ4v) is 4.10. The van der Waals surface area contributed by atoms with Crippen LogP contribution in [-0.4, -0.2) is 17.0 Å². The molecule has 108 valence electrons. The second kappa shape index (κ2) is 6.72. The molecule has 0 atom stereocenters. The minimum atomic E-state index is -1.07. The van der Waals surface area contributed by atoms with Gasteiger partial charge in [0.2, 0.25) is 0 Å². The second-order valence-electron chi connectivity index (χ2n) is 4.08. The first kappa shape index (κ1) is 16.2. The topological polar surface area (TPSA) is 66.4 Å². The van der Waals surface area contributed by atoms with Crippen LogP contribution in [0.1, 0.15) is 20.7 Å². The molecule has 0 heterocycles. The highest BCUT2D eigenvalue weighted by Gasteiger charge is 2.13. The molecule has 0 bridgehead atoms. The molecule has 0 unspecified atom stereocenters. The zero-order valence-corrected chi connectivity index (χ0v) is 15.1. The summed E-state index contributed by atoms with van der Waals surface area (Å²) in [7, 11) is 0. The molecule has 0 radical (unpaired) electrons. The van der Waals surface area contributed by atoms with Crippen molar-refractivity contribution in [2.24, 2.45) is 0 Å². The highest BCUT2D eigenvalue weighted by Crippen LogP contribution is 2.34. The molecule has 2 N–H and O–H groups in total. The Balaban J connectivity index is 2.30. The lowest BCUT2D eigenvalue weighted by Crippen LogP contribution is -2.13. The van der Waals surface area contributed by atoms with Gasteiger partial charge in [-0.3, -0.25) is 4.79 Å². The minimum absolute atomic E-state index is 0.0663. The molecule has 0 saturated heterocycles. The van der Waals surface area contributed by atoms with Crippen molar-refractivity contribution in [2.45, 2.75) is 0 Å². The number of hydrogen-bond donors (Lipinski definition) is 2. The first-order valence-corrected chi connectivity index (χ1v) is 8.05. The van der Waals surface area contributed by atoms with Crippen molar-refractivity contribution in [3.05, 3.63) is 60.9 Å². The molecule has 0 aliphatic heterocycles. The number of carbonyl (C=O) groups excluding carboxylic acids is 1. The summed E-state index contributed by atoms with van der Waals surface area (Å²) in [5.74, 6) is -1.46. The van der Waals surface area contributed by atoms with Crippen molar-refractivity contribution in [3.8, 4) is 0 Å². The summed E-state index contributed by atoms with van der Waals surface area (Å²) in [5, 5.41) is 11.7. The largest absolute Gasteiger partial charge is 0.478 e. The smallest absolute Gasteiger partial charge is 0.335 e. The summed E-state index contributed by atoms with van der Waals surface area (Å²) in [6.07, 6.45) is 0. The van der Waals surface area contributed by atoms with Crippen LogP contribution in [-0.2, 0) is 0 Å². The second-order valence-corrected chi connectivity index (χ2v) is 6.71. The summed E-state index contributed by atoms with van der Waals surface area (Å²) >= 11 is 10.1. The van der Waals surface area contributed by atoms with E-state index in [1.54, 1.807) is 18.2 Å². The molecule has 21 heavy (non-hydrogen) atoms. The van der Waals surface area contributed by atoms with Crippen LogP contribution >= 0.6 is 47.8 Å². The maximum atomic E-state index is 12.2. The summed E-state index contributed by atoms with van der Waals surface area (Å²) < 4.78 is 2.25. The maximum Gasteiger partial charge on any atom is 0.335 e. The highest BCUT2D eigenvalue weighted by atomic mass is 79.9. The average Bonchev–Trinajstić information content (AvgIpc) is 2.42. The highest BCUT2D eigenvalue weighted by molar-refractivity contribution is 9.11. The Kier molecular flexibility index (Phi) is 5.18. The van der Waals surface area contributed by atoms with Gasteiger partial charge in [0.15, 0.2) is 0 Å². The lowest BCUT2D eigenvalue weighted by molar-refractivity contribution is 0.0697. The summed E-state index contributed by atoms with van der Waals surface area (Å²) in [4.78, 5) is 23.1. The number of carbonyl (C=O) groups is 2. The van der Waals surface area contributed by atoms with Gasteiger partial charge in [0.25, 0.3) is 5.91 Å². The van der Waals surface area contributed by atoms with Crippen molar-refractivity contribution >= 4 is 65.4 Å². The van der Waals surface area contributed by atoms with Gasteiger partial charge >= 0.3 is 5.97 Å². The Bertz CT molecular complexity index is 708. The number of nitrogens with one attached hydrogen (secondary N) is 1. The van der Waals surface area contributed by atoms with Gasteiger partial charge in [0, 0.05) is 19.0 Å². The number of benzene rings is 2. The third kappa shape index (κ3) is 3.93. The molecule has 2 rings (SSSR count). The van der Waals surface area contributed by atoms with Gasteiger partial charge in [0.1, 0.15) is 0 Å².